The van der Waals surface area contributed by atoms with Crippen LogP contribution in [0, 0.1) is 5.82 Å². The van der Waals surface area contributed by atoms with E-state index in [1.54, 1.807) is 27.8 Å². The predicted molar refractivity (Wildman–Crippen MR) is 105 cm³/mol. The van der Waals surface area contributed by atoms with Crippen molar-refractivity contribution < 1.29 is 13.9 Å². The molecule has 0 spiro atoms. The van der Waals surface area contributed by atoms with Crippen LogP contribution in [0.3, 0.4) is 0 Å². The molecule has 1 aliphatic heterocycles. The average Bonchev–Trinajstić information content (AvgIpc) is 3.13. The minimum absolute atomic E-state index is 0.0245. The molecule has 0 bridgehead atoms. The maximum absolute atomic E-state index is 13.4. The van der Waals surface area contributed by atoms with Gasteiger partial charge in [0.25, 0.3) is 5.91 Å². The van der Waals surface area contributed by atoms with E-state index in [0.717, 1.165) is 5.56 Å². The molecule has 5 nitrogen and oxygen atoms in total. The standard InChI is InChI=1S/C22H22FN3O2/c1-15-13-25(14-16(2)28-15)22(27)21-12-20(17-6-4-3-5-7-17)24-26(21)19-10-8-18(23)9-11-19/h3-12,15-16H,13-14H2,1-2H3/t15-,16+. The molecule has 0 radical (unpaired) electrons. The van der Waals surface area contributed by atoms with Crippen molar-refractivity contribution in [3.63, 3.8) is 0 Å². The lowest BCUT2D eigenvalue weighted by atomic mass is 10.1. The number of ether oxygens (including phenoxy) is 1. The highest BCUT2D eigenvalue weighted by molar-refractivity contribution is 5.94. The lowest BCUT2D eigenvalue weighted by Gasteiger charge is -2.35. The molecular formula is C22H22FN3O2. The maximum atomic E-state index is 13.4. The second-order valence-electron chi connectivity index (χ2n) is 7.14. The fraction of sp³-hybridized carbons (Fsp3) is 0.273. The first-order valence-electron chi connectivity index (χ1n) is 9.37. The van der Waals surface area contributed by atoms with Gasteiger partial charge >= 0.3 is 0 Å². The number of amides is 1. The summed E-state index contributed by atoms with van der Waals surface area (Å²) in [5, 5.41) is 4.65. The Kier molecular flexibility index (Phi) is 4.96. The van der Waals surface area contributed by atoms with E-state index in [2.05, 4.69) is 5.10 Å². The molecule has 0 saturated carbocycles. The molecule has 1 aliphatic rings. The minimum Gasteiger partial charge on any atom is -0.372 e. The van der Waals surface area contributed by atoms with Crippen LogP contribution in [0.1, 0.15) is 24.3 Å². The SMILES string of the molecule is C[C@@H]1CN(C(=O)c2cc(-c3ccccc3)nn2-c2ccc(F)cc2)C[C@H](C)O1. The van der Waals surface area contributed by atoms with Gasteiger partial charge in [-0.3, -0.25) is 4.79 Å². The lowest BCUT2D eigenvalue weighted by Crippen LogP contribution is -2.48. The molecule has 0 N–H and O–H groups in total. The van der Waals surface area contributed by atoms with Crippen LogP contribution < -0.4 is 0 Å². The third kappa shape index (κ3) is 3.68. The Morgan fingerprint density at radius 1 is 1.04 bits per heavy atom. The van der Waals surface area contributed by atoms with Crippen LogP contribution >= 0.6 is 0 Å². The van der Waals surface area contributed by atoms with Gasteiger partial charge in [-0.2, -0.15) is 5.10 Å². The van der Waals surface area contributed by atoms with Gasteiger partial charge in [-0.15, -0.1) is 0 Å². The molecule has 3 aromatic rings. The second kappa shape index (κ2) is 7.56. The fourth-order valence-electron chi connectivity index (χ4n) is 3.57. The molecule has 0 aliphatic carbocycles. The number of carbonyl (C=O) groups is 1. The van der Waals surface area contributed by atoms with Crippen LogP contribution in [-0.4, -0.2) is 45.9 Å². The van der Waals surface area contributed by atoms with Crippen LogP contribution in [0.15, 0.2) is 60.7 Å². The van der Waals surface area contributed by atoms with E-state index >= 15 is 0 Å². The van der Waals surface area contributed by atoms with E-state index in [1.165, 1.54) is 12.1 Å². The first-order chi connectivity index (χ1) is 13.5. The smallest absolute Gasteiger partial charge is 0.272 e. The minimum atomic E-state index is -0.331. The van der Waals surface area contributed by atoms with Crippen molar-refractivity contribution in [1.82, 2.24) is 14.7 Å². The normalized spacial score (nSPS) is 19.6. The Morgan fingerprint density at radius 3 is 2.32 bits per heavy atom. The first kappa shape index (κ1) is 18.4. The van der Waals surface area contributed by atoms with Gasteiger partial charge in [0.1, 0.15) is 11.5 Å². The molecule has 4 rings (SSSR count). The van der Waals surface area contributed by atoms with Crippen LogP contribution in [0.4, 0.5) is 4.39 Å². The summed E-state index contributed by atoms with van der Waals surface area (Å²) in [6.45, 7) is 4.97. The third-order valence-electron chi connectivity index (χ3n) is 4.78. The van der Waals surface area contributed by atoms with Gasteiger partial charge in [-0.05, 0) is 44.2 Å². The van der Waals surface area contributed by atoms with Gasteiger partial charge in [0.05, 0.1) is 23.6 Å². The highest BCUT2D eigenvalue weighted by Gasteiger charge is 2.29. The van der Waals surface area contributed by atoms with Gasteiger partial charge in [0, 0.05) is 18.7 Å². The number of halogens is 1. The zero-order chi connectivity index (χ0) is 19.7. The van der Waals surface area contributed by atoms with Gasteiger partial charge in [-0.1, -0.05) is 30.3 Å². The fourth-order valence-corrected chi connectivity index (χ4v) is 3.57. The van der Waals surface area contributed by atoms with Crippen molar-refractivity contribution in [3.05, 3.63) is 72.2 Å². The largest absolute Gasteiger partial charge is 0.372 e. The molecule has 2 heterocycles. The number of carbonyl (C=O) groups excluding carboxylic acids is 1. The highest BCUT2D eigenvalue weighted by atomic mass is 19.1. The monoisotopic (exact) mass is 379 g/mol. The summed E-state index contributed by atoms with van der Waals surface area (Å²) < 4.78 is 20.7. The van der Waals surface area contributed by atoms with E-state index in [1.807, 2.05) is 44.2 Å². The van der Waals surface area contributed by atoms with Crippen molar-refractivity contribution in [2.24, 2.45) is 0 Å². The van der Waals surface area contributed by atoms with Gasteiger partial charge in [0.15, 0.2) is 0 Å². The number of aromatic nitrogens is 2. The molecule has 1 saturated heterocycles. The molecule has 144 valence electrons. The molecule has 28 heavy (non-hydrogen) atoms. The summed E-state index contributed by atoms with van der Waals surface area (Å²) >= 11 is 0. The quantitative estimate of drug-likeness (QED) is 0.693. The highest BCUT2D eigenvalue weighted by Crippen LogP contribution is 2.24. The molecule has 6 heteroatoms. The number of hydrogen-bond acceptors (Lipinski definition) is 3. The summed E-state index contributed by atoms with van der Waals surface area (Å²) in [6.07, 6.45) is -0.0491. The molecule has 2 atom stereocenters. The Hall–Kier alpha value is -2.99. The first-order valence-corrected chi connectivity index (χ1v) is 9.37. The number of benzene rings is 2. The number of morpholine rings is 1. The summed E-state index contributed by atoms with van der Waals surface area (Å²) in [5.74, 6) is -0.441. The summed E-state index contributed by atoms with van der Waals surface area (Å²) in [6, 6.07) is 17.5. The molecule has 2 aromatic carbocycles. The lowest BCUT2D eigenvalue weighted by molar-refractivity contribution is -0.0588. The van der Waals surface area contributed by atoms with Crippen molar-refractivity contribution >= 4 is 5.91 Å². The topological polar surface area (TPSA) is 47.4 Å². The van der Waals surface area contributed by atoms with Gasteiger partial charge < -0.3 is 9.64 Å². The van der Waals surface area contributed by atoms with Crippen molar-refractivity contribution in [2.75, 3.05) is 13.1 Å². The van der Waals surface area contributed by atoms with E-state index in [9.17, 15) is 9.18 Å². The molecule has 1 fully saturated rings. The van der Waals surface area contributed by atoms with Crippen molar-refractivity contribution in [2.45, 2.75) is 26.1 Å². The zero-order valence-electron chi connectivity index (χ0n) is 15.9. The van der Waals surface area contributed by atoms with Crippen LogP contribution in [0.5, 0.6) is 0 Å². The molecule has 0 unspecified atom stereocenters. The third-order valence-corrected chi connectivity index (χ3v) is 4.78. The van der Waals surface area contributed by atoms with Gasteiger partial charge in [0.2, 0.25) is 0 Å². The Balaban J connectivity index is 1.77. The van der Waals surface area contributed by atoms with Crippen LogP contribution in [0.25, 0.3) is 16.9 Å². The summed E-state index contributed by atoms with van der Waals surface area (Å²) in [7, 11) is 0. The maximum Gasteiger partial charge on any atom is 0.272 e. The summed E-state index contributed by atoms with van der Waals surface area (Å²) in [5.41, 5.74) is 2.71. The Bertz CT molecular complexity index is 959. The van der Waals surface area contributed by atoms with Gasteiger partial charge in [-0.25, -0.2) is 9.07 Å². The average molecular weight is 379 g/mol. The predicted octanol–water partition coefficient (Wildman–Crippen LogP) is 3.93. The number of hydrogen-bond donors (Lipinski definition) is 0. The Labute approximate surface area is 163 Å². The molecule has 1 amide bonds. The number of rotatable bonds is 3. The molecule has 1 aromatic heterocycles. The summed E-state index contributed by atoms with van der Waals surface area (Å²) in [4.78, 5) is 15.1. The van der Waals surface area contributed by atoms with E-state index in [4.69, 9.17) is 4.74 Å². The van der Waals surface area contributed by atoms with E-state index in [0.29, 0.717) is 30.2 Å². The van der Waals surface area contributed by atoms with Crippen molar-refractivity contribution in [1.29, 1.82) is 0 Å². The second-order valence-corrected chi connectivity index (χ2v) is 7.14. The number of nitrogens with zero attached hydrogens (tertiary/aromatic N) is 3. The van der Waals surface area contributed by atoms with Crippen LogP contribution in [0.2, 0.25) is 0 Å². The molecular weight excluding hydrogens is 357 g/mol. The van der Waals surface area contributed by atoms with Crippen molar-refractivity contribution in [3.8, 4) is 16.9 Å². The van der Waals surface area contributed by atoms with E-state index < -0.39 is 0 Å². The Morgan fingerprint density at radius 2 is 1.68 bits per heavy atom. The van der Waals surface area contributed by atoms with E-state index in [-0.39, 0.29) is 23.9 Å². The van der Waals surface area contributed by atoms with Crippen LogP contribution in [-0.2, 0) is 4.74 Å². The zero-order valence-corrected chi connectivity index (χ0v) is 15.9.